The zero-order chi connectivity index (χ0) is 16.5. The van der Waals surface area contributed by atoms with E-state index in [1.54, 1.807) is 18.7 Å². The van der Waals surface area contributed by atoms with Crippen molar-refractivity contribution in [3.63, 3.8) is 0 Å². The molecule has 4 nitrogen and oxygen atoms in total. The third-order valence-corrected chi connectivity index (χ3v) is 4.85. The summed E-state index contributed by atoms with van der Waals surface area (Å²) < 4.78 is 4.76. The van der Waals surface area contributed by atoms with Crippen LogP contribution in [0.5, 0.6) is 0 Å². The van der Waals surface area contributed by atoms with Crippen molar-refractivity contribution in [1.29, 1.82) is 0 Å². The fraction of sp³-hybridized carbons (Fsp3) is 0.500. The van der Waals surface area contributed by atoms with E-state index in [2.05, 4.69) is 42.2 Å². The van der Waals surface area contributed by atoms with Gasteiger partial charge in [0.2, 0.25) is 5.91 Å². The minimum Gasteiger partial charge on any atom is -0.467 e. The Morgan fingerprint density at radius 3 is 2.50 bits per heavy atom. The number of benzene rings is 1. The predicted molar refractivity (Wildman–Crippen MR) is 94.3 cm³/mol. The van der Waals surface area contributed by atoms with Gasteiger partial charge in [-0.1, -0.05) is 36.8 Å². The van der Waals surface area contributed by atoms with Gasteiger partial charge in [0.15, 0.2) is 0 Å². The van der Waals surface area contributed by atoms with Crippen LogP contribution in [-0.2, 0) is 20.1 Å². The number of hydrogen-bond donors (Lipinski definition) is 2. The highest BCUT2D eigenvalue weighted by Crippen LogP contribution is 2.15. The van der Waals surface area contributed by atoms with Crippen molar-refractivity contribution in [2.24, 2.45) is 5.92 Å². The van der Waals surface area contributed by atoms with Gasteiger partial charge >= 0.3 is 5.97 Å². The number of rotatable bonds is 8. The van der Waals surface area contributed by atoms with Crippen LogP contribution in [0.3, 0.4) is 0 Å². The molecule has 22 heavy (non-hydrogen) atoms. The summed E-state index contributed by atoms with van der Waals surface area (Å²) in [7, 11) is 1.33. The SMILES string of the molecule is COC(=O)[C@H](CSCc1ccc(C)cc1)NC(=O)[C@H](C)CS. The predicted octanol–water partition coefficient (Wildman–Crippen LogP) is 2.45. The molecular weight excluding hydrogens is 318 g/mol. The summed E-state index contributed by atoms with van der Waals surface area (Å²) in [6, 6.07) is 7.62. The third kappa shape index (κ3) is 6.32. The number of methoxy groups -OCH3 is 1. The van der Waals surface area contributed by atoms with Crippen molar-refractivity contribution >= 4 is 36.3 Å². The second kappa shape index (κ2) is 9.79. The summed E-state index contributed by atoms with van der Waals surface area (Å²) >= 11 is 5.69. The van der Waals surface area contributed by atoms with Gasteiger partial charge in [-0.15, -0.1) is 0 Å². The van der Waals surface area contributed by atoms with Gasteiger partial charge in [0, 0.05) is 23.2 Å². The summed E-state index contributed by atoms with van der Waals surface area (Å²) in [5, 5.41) is 2.73. The van der Waals surface area contributed by atoms with Crippen molar-refractivity contribution in [2.75, 3.05) is 18.6 Å². The van der Waals surface area contributed by atoms with Gasteiger partial charge in [-0.05, 0) is 12.5 Å². The van der Waals surface area contributed by atoms with Crippen LogP contribution in [0.4, 0.5) is 0 Å². The highest BCUT2D eigenvalue weighted by atomic mass is 32.2. The zero-order valence-corrected chi connectivity index (χ0v) is 14.9. The number of ether oxygens (including phenoxy) is 1. The van der Waals surface area contributed by atoms with Crippen LogP contribution in [0.1, 0.15) is 18.1 Å². The first-order valence-electron chi connectivity index (χ1n) is 7.10. The van der Waals surface area contributed by atoms with Crippen LogP contribution in [0.15, 0.2) is 24.3 Å². The molecule has 0 aromatic heterocycles. The van der Waals surface area contributed by atoms with Crippen LogP contribution >= 0.6 is 24.4 Å². The largest absolute Gasteiger partial charge is 0.467 e. The van der Waals surface area contributed by atoms with E-state index in [1.165, 1.54) is 18.2 Å². The molecule has 1 N–H and O–H groups in total. The highest BCUT2D eigenvalue weighted by Gasteiger charge is 2.23. The van der Waals surface area contributed by atoms with Crippen LogP contribution in [-0.4, -0.2) is 36.5 Å². The Labute approximate surface area is 141 Å². The maximum Gasteiger partial charge on any atom is 0.329 e. The van der Waals surface area contributed by atoms with Crippen molar-refractivity contribution in [3.8, 4) is 0 Å². The molecule has 0 aliphatic rings. The van der Waals surface area contributed by atoms with Crippen LogP contribution in [0.25, 0.3) is 0 Å². The Bertz CT molecular complexity index is 491. The Morgan fingerprint density at radius 1 is 1.32 bits per heavy atom. The zero-order valence-electron chi connectivity index (χ0n) is 13.2. The van der Waals surface area contributed by atoms with Gasteiger partial charge in [0.1, 0.15) is 6.04 Å². The summed E-state index contributed by atoms with van der Waals surface area (Å²) in [6.45, 7) is 3.82. The summed E-state index contributed by atoms with van der Waals surface area (Å²) in [5.41, 5.74) is 2.41. The first kappa shape index (κ1) is 18.9. The minimum atomic E-state index is -0.629. The Hall–Kier alpha value is -1.14. The van der Waals surface area contributed by atoms with E-state index in [9.17, 15) is 9.59 Å². The van der Waals surface area contributed by atoms with E-state index in [0.717, 1.165) is 5.75 Å². The lowest BCUT2D eigenvalue weighted by Gasteiger charge is -2.18. The van der Waals surface area contributed by atoms with E-state index in [0.29, 0.717) is 11.5 Å². The lowest BCUT2D eigenvalue weighted by molar-refractivity contribution is -0.144. The molecule has 1 amide bonds. The quantitative estimate of drug-likeness (QED) is 0.563. The molecular formula is C16H23NO3S2. The van der Waals surface area contributed by atoms with Crippen LogP contribution < -0.4 is 5.32 Å². The second-order valence-electron chi connectivity index (χ2n) is 5.17. The molecule has 0 unspecified atom stereocenters. The molecule has 0 saturated carbocycles. The van der Waals surface area contributed by atoms with Crippen LogP contribution in [0, 0.1) is 12.8 Å². The number of hydrogen-bond acceptors (Lipinski definition) is 5. The standard InChI is InChI=1S/C16H23NO3S2/c1-11-4-6-13(7-5-11)9-22-10-14(16(19)20-3)17-15(18)12(2)8-21/h4-7,12,14,21H,8-10H2,1-3H3,(H,17,18)/t12-,14+/m1/s1. The molecule has 0 spiro atoms. The number of thioether (sulfide) groups is 1. The molecule has 1 rings (SSSR count). The number of aryl methyl sites for hydroxylation is 1. The highest BCUT2D eigenvalue weighted by molar-refractivity contribution is 7.98. The second-order valence-corrected chi connectivity index (χ2v) is 6.56. The van der Waals surface area contributed by atoms with Crippen molar-refractivity contribution in [2.45, 2.75) is 25.6 Å². The van der Waals surface area contributed by atoms with Gasteiger partial charge in [-0.3, -0.25) is 4.79 Å². The maximum absolute atomic E-state index is 11.9. The van der Waals surface area contributed by atoms with Gasteiger partial charge < -0.3 is 10.1 Å². The van der Waals surface area contributed by atoms with E-state index in [4.69, 9.17) is 4.74 Å². The molecule has 1 aromatic rings. The number of thiol groups is 1. The average molecular weight is 341 g/mol. The monoisotopic (exact) mass is 341 g/mol. The van der Waals surface area contributed by atoms with Gasteiger partial charge in [-0.2, -0.15) is 24.4 Å². The maximum atomic E-state index is 11.9. The van der Waals surface area contributed by atoms with Gasteiger partial charge in [-0.25, -0.2) is 4.79 Å². The molecule has 1 aromatic carbocycles. The lowest BCUT2D eigenvalue weighted by Crippen LogP contribution is -2.45. The molecule has 0 fully saturated rings. The first-order chi connectivity index (χ1) is 10.5. The fourth-order valence-corrected chi connectivity index (χ4v) is 2.85. The molecule has 122 valence electrons. The first-order valence-corrected chi connectivity index (χ1v) is 8.89. The van der Waals surface area contributed by atoms with E-state index in [-0.39, 0.29) is 11.8 Å². The smallest absolute Gasteiger partial charge is 0.329 e. The molecule has 0 aliphatic carbocycles. The average Bonchev–Trinajstić information content (AvgIpc) is 2.53. The van der Waals surface area contributed by atoms with Gasteiger partial charge in [0.25, 0.3) is 0 Å². The molecule has 0 saturated heterocycles. The number of esters is 1. The number of carbonyl (C=O) groups excluding carboxylic acids is 2. The van der Waals surface area contributed by atoms with E-state index in [1.807, 2.05) is 6.92 Å². The van der Waals surface area contributed by atoms with Crippen molar-refractivity contribution in [1.82, 2.24) is 5.32 Å². The number of amides is 1. The van der Waals surface area contributed by atoms with Crippen molar-refractivity contribution in [3.05, 3.63) is 35.4 Å². The number of nitrogens with one attached hydrogen (secondary N) is 1. The molecule has 2 atom stereocenters. The Balaban J connectivity index is 2.52. The lowest BCUT2D eigenvalue weighted by atomic mass is 10.2. The number of carbonyl (C=O) groups is 2. The fourth-order valence-electron chi connectivity index (χ4n) is 1.69. The van der Waals surface area contributed by atoms with Crippen LogP contribution in [0.2, 0.25) is 0 Å². The van der Waals surface area contributed by atoms with Gasteiger partial charge in [0.05, 0.1) is 7.11 Å². The Morgan fingerprint density at radius 2 is 1.95 bits per heavy atom. The molecule has 0 bridgehead atoms. The Kier molecular flexibility index (Phi) is 8.42. The normalized spacial score (nSPS) is 13.3. The van der Waals surface area contributed by atoms with E-state index < -0.39 is 12.0 Å². The molecule has 0 radical (unpaired) electrons. The molecule has 6 heteroatoms. The molecule has 0 aliphatic heterocycles. The van der Waals surface area contributed by atoms with Crippen molar-refractivity contribution < 1.29 is 14.3 Å². The summed E-state index contributed by atoms with van der Waals surface area (Å²) in [4.78, 5) is 23.7. The molecule has 0 heterocycles. The summed E-state index contributed by atoms with van der Waals surface area (Å²) in [5.74, 6) is 0.864. The van der Waals surface area contributed by atoms with E-state index >= 15 is 0 Å². The topological polar surface area (TPSA) is 55.4 Å². The summed E-state index contributed by atoms with van der Waals surface area (Å²) in [6.07, 6.45) is 0. The third-order valence-electron chi connectivity index (χ3n) is 3.20. The minimum absolute atomic E-state index is 0.179.